The van der Waals surface area contributed by atoms with E-state index in [1.165, 1.54) is 16.4 Å². The highest BCUT2D eigenvalue weighted by Gasteiger charge is 2.40. The number of nitrogen functional groups attached to an aromatic ring is 1. The SMILES string of the molecule is CC(C)(C1CC1)n1c(N)nc2cc(I)ccc21. The molecular formula is C13H16IN3. The monoisotopic (exact) mass is 341 g/mol. The number of hydrogen-bond acceptors (Lipinski definition) is 2. The number of fused-ring (bicyclic) bond motifs is 1. The standard InChI is InChI=1S/C13H16IN3/c1-13(2,8-3-4-8)17-11-6-5-9(14)7-10(11)16-12(17)15/h5-8H,3-4H2,1-2H3,(H2,15,16). The average Bonchev–Trinajstić information content (AvgIpc) is 3.01. The van der Waals surface area contributed by atoms with Crippen LogP contribution in [0.1, 0.15) is 26.7 Å². The van der Waals surface area contributed by atoms with E-state index in [2.05, 4.69) is 64.2 Å². The van der Waals surface area contributed by atoms with Crippen LogP contribution in [0.2, 0.25) is 0 Å². The van der Waals surface area contributed by atoms with Gasteiger partial charge in [0.1, 0.15) is 0 Å². The van der Waals surface area contributed by atoms with E-state index in [0.717, 1.165) is 17.0 Å². The van der Waals surface area contributed by atoms with Crippen molar-refractivity contribution in [2.24, 2.45) is 5.92 Å². The first-order valence-electron chi connectivity index (χ1n) is 5.94. The van der Waals surface area contributed by atoms with Crippen LogP contribution in [0.15, 0.2) is 18.2 Å². The molecule has 1 aromatic heterocycles. The van der Waals surface area contributed by atoms with E-state index < -0.39 is 0 Å². The smallest absolute Gasteiger partial charge is 0.201 e. The maximum Gasteiger partial charge on any atom is 0.201 e. The molecule has 17 heavy (non-hydrogen) atoms. The van der Waals surface area contributed by atoms with Crippen molar-refractivity contribution < 1.29 is 0 Å². The minimum Gasteiger partial charge on any atom is -0.369 e. The second-order valence-electron chi connectivity index (χ2n) is 5.37. The highest BCUT2D eigenvalue weighted by molar-refractivity contribution is 14.1. The number of aromatic nitrogens is 2. The van der Waals surface area contributed by atoms with Crippen molar-refractivity contribution in [2.45, 2.75) is 32.2 Å². The number of halogens is 1. The number of nitrogens with two attached hydrogens (primary N) is 1. The Morgan fingerprint density at radius 2 is 2.12 bits per heavy atom. The Bertz CT molecular complexity index is 582. The minimum absolute atomic E-state index is 0.0750. The summed E-state index contributed by atoms with van der Waals surface area (Å²) in [6.07, 6.45) is 2.60. The normalized spacial score (nSPS) is 16.6. The van der Waals surface area contributed by atoms with Gasteiger partial charge in [-0.3, -0.25) is 0 Å². The molecule has 0 saturated heterocycles. The number of rotatable bonds is 2. The summed E-state index contributed by atoms with van der Waals surface area (Å²) in [7, 11) is 0. The number of anilines is 1. The van der Waals surface area contributed by atoms with Gasteiger partial charge in [0.05, 0.1) is 11.0 Å². The number of hydrogen-bond donors (Lipinski definition) is 1. The first-order chi connectivity index (χ1) is 8.00. The summed E-state index contributed by atoms with van der Waals surface area (Å²) in [6, 6.07) is 6.33. The molecule has 0 aliphatic heterocycles. The number of benzene rings is 1. The Morgan fingerprint density at radius 3 is 2.76 bits per heavy atom. The molecule has 3 nitrogen and oxygen atoms in total. The lowest BCUT2D eigenvalue weighted by molar-refractivity contribution is 0.318. The molecule has 1 aliphatic rings. The summed E-state index contributed by atoms with van der Waals surface area (Å²) >= 11 is 2.31. The van der Waals surface area contributed by atoms with E-state index in [0.29, 0.717) is 5.95 Å². The van der Waals surface area contributed by atoms with Gasteiger partial charge in [-0.05, 0) is 73.4 Å². The Hall–Kier alpha value is -0.780. The highest BCUT2D eigenvalue weighted by Crippen LogP contribution is 2.46. The summed E-state index contributed by atoms with van der Waals surface area (Å²) in [6.45, 7) is 4.53. The molecule has 0 unspecified atom stereocenters. The summed E-state index contributed by atoms with van der Waals surface area (Å²) < 4.78 is 3.40. The van der Waals surface area contributed by atoms with Crippen molar-refractivity contribution in [3.8, 4) is 0 Å². The van der Waals surface area contributed by atoms with Gasteiger partial charge >= 0.3 is 0 Å². The van der Waals surface area contributed by atoms with Crippen molar-refractivity contribution in [3.05, 3.63) is 21.8 Å². The Morgan fingerprint density at radius 1 is 1.41 bits per heavy atom. The molecule has 0 atom stereocenters. The second-order valence-corrected chi connectivity index (χ2v) is 6.61. The third-order valence-electron chi connectivity index (χ3n) is 3.80. The predicted molar refractivity (Wildman–Crippen MR) is 78.9 cm³/mol. The van der Waals surface area contributed by atoms with Crippen LogP contribution < -0.4 is 5.73 Å². The fourth-order valence-corrected chi connectivity index (χ4v) is 3.12. The fraction of sp³-hybridized carbons (Fsp3) is 0.462. The average molecular weight is 341 g/mol. The Labute approximate surface area is 115 Å². The molecular weight excluding hydrogens is 325 g/mol. The minimum atomic E-state index is 0.0750. The molecule has 1 heterocycles. The highest BCUT2D eigenvalue weighted by atomic mass is 127. The Kier molecular flexibility index (Phi) is 2.40. The zero-order valence-corrected chi connectivity index (χ0v) is 12.2. The quantitative estimate of drug-likeness (QED) is 0.852. The lowest BCUT2D eigenvalue weighted by Crippen LogP contribution is -2.29. The van der Waals surface area contributed by atoms with Crippen LogP contribution in [0.25, 0.3) is 11.0 Å². The zero-order valence-electron chi connectivity index (χ0n) is 10.1. The largest absolute Gasteiger partial charge is 0.369 e. The van der Waals surface area contributed by atoms with Gasteiger partial charge in [0.15, 0.2) is 0 Å². The van der Waals surface area contributed by atoms with Gasteiger partial charge in [0.25, 0.3) is 0 Å². The molecule has 0 bridgehead atoms. The van der Waals surface area contributed by atoms with Crippen molar-refractivity contribution in [3.63, 3.8) is 0 Å². The van der Waals surface area contributed by atoms with Gasteiger partial charge < -0.3 is 10.3 Å². The summed E-state index contributed by atoms with van der Waals surface area (Å²) in [4.78, 5) is 4.49. The molecule has 1 aromatic carbocycles. The lowest BCUT2D eigenvalue weighted by Gasteiger charge is -2.28. The molecule has 0 amide bonds. The predicted octanol–water partition coefficient (Wildman–Crippen LogP) is 3.37. The zero-order chi connectivity index (χ0) is 12.2. The molecule has 90 valence electrons. The van der Waals surface area contributed by atoms with E-state index >= 15 is 0 Å². The number of imidazole rings is 1. The Balaban J connectivity index is 2.24. The molecule has 3 rings (SSSR count). The van der Waals surface area contributed by atoms with Crippen LogP contribution >= 0.6 is 22.6 Å². The van der Waals surface area contributed by atoms with E-state index in [1.54, 1.807) is 0 Å². The van der Waals surface area contributed by atoms with Gasteiger partial charge in [-0.15, -0.1) is 0 Å². The molecule has 2 N–H and O–H groups in total. The third-order valence-corrected chi connectivity index (χ3v) is 4.47. The van der Waals surface area contributed by atoms with Crippen LogP contribution in [0.4, 0.5) is 5.95 Å². The van der Waals surface area contributed by atoms with E-state index in [-0.39, 0.29) is 5.54 Å². The van der Waals surface area contributed by atoms with E-state index in [1.807, 2.05) is 0 Å². The molecule has 0 spiro atoms. The molecule has 1 fully saturated rings. The molecule has 2 aromatic rings. The van der Waals surface area contributed by atoms with Crippen LogP contribution in [0.3, 0.4) is 0 Å². The molecule has 4 heteroatoms. The van der Waals surface area contributed by atoms with Crippen molar-refractivity contribution >= 4 is 39.6 Å². The van der Waals surface area contributed by atoms with Gasteiger partial charge in [-0.2, -0.15) is 0 Å². The topological polar surface area (TPSA) is 43.8 Å². The molecule has 1 saturated carbocycles. The lowest BCUT2D eigenvalue weighted by atomic mass is 9.98. The van der Waals surface area contributed by atoms with Crippen molar-refractivity contribution in [1.82, 2.24) is 9.55 Å². The molecule has 1 aliphatic carbocycles. The first kappa shape index (κ1) is 11.3. The summed E-state index contributed by atoms with van der Waals surface area (Å²) in [5.41, 5.74) is 8.34. The van der Waals surface area contributed by atoms with Gasteiger partial charge in [0, 0.05) is 9.11 Å². The van der Waals surface area contributed by atoms with E-state index in [9.17, 15) is 0 Å². The summed E-state index contributed by atoms with van der Waals surface area (Å²) in [5, 5.41) is 0. The van der Waals surface area contributed by atoms with Gasteiger partial charge in [-0.25, -0.2) is 4.98 Å². The fourth-order valence-electron chi connectivity index (χ4n) is 2.65. The second kappa shape index (κ2) is 3.60. The first-order valence-corrected chi connectivity index (χ1v) is 7.02. The van der Waals surface area contributed by atoms with Crippen molar-refractivity contribution in [2.75, 3.05) is 5.73 Å². The van der Waals surface area contributed by atoms with E-state index in [4.69, 9.17) is 5.73 Å². The maximum atomic E-state index is 6.10. The maximum absolute atomic E-state index is 6.10. The van der Waals surface area contributed by atoms with Gasteiger partial charge in [0.2, 0.25) is 5.95 Å². The van der Waals surface area contributed by atoms with Crippen LogP contribution in [-0.2, 0) is 5.54 Å². The molecule has 0 radical (unpaired) electrons. The summed E-state index contributed by atoms with van der Waals surface area (Å²) in [5.74, 6) is 1.38. The van der Waals surface area contributed by atoms with Gasteiger partial charge in [-0.1, -0.05) is 0 Å². The van der Waals surface area contributed by atoms with Crippen LogP contribution in [0.5, 0.6) is 0 Å². The van der Waals surface area contributed by atoms with Crippen LogP contribution in [0, 0.1) is 9.49 Å². The van der Waals surface area contributed by atoms with Crippen molar-refractivity contribution in [1.29, 1.82) is 0 Å². The third kappa shape index (κ3) is 1.73. The number of nitrogens with zero attached hydrogens (tertiary/aromatic N) is 2. The van der Waals surface area contributed by atoms with Crippen LogP contribution in [-0.4, -0.2) is 9.55 Å².